The van der Waals surface area contributed by atoms with Gasteiger partial charge in [-0.05, 0) is 42.5 Å². The second kappa shape index (κ2) is 6.24. The largest absolute Gasteiger partial charge is 0.358 e. The zero-order chi connectivity index (χ0) is 13.7. The van der Waals surface area contributed by atoms with Crippen LogP contribution in [0, 0.1) is 11.6 Å². The summed E-state index contributed by atoms with van der Waals surface area (Å²) >= 11 is 5.07. The van der Waals surface area contributed by atoms with Gasteiger partial charge < -0.3 is 10.6 Å². The van der Waals surface area contributed by atoms with Crippen molar-refractivity contribution in [3.05, 3.63) is 65.7 Å². The SMILES string of the molecule is Fc1ccc(F)c(CNC(=S)Nc2ccccc2)c1. The van der Waals surface area contributed by atoms with Gasteiger partial charge in [0.25, 0.3) is 0 Å². The van der Waals surface area contributed by atoms with Gasteiger partial charge in [-0.2, -0.15) is 0 Å². The third kappa shape index (κ3) is 3.99. The van der Waals surface area contributed by atoms with E-state index < -0.39 is 11.6 Å². The van der Waals surface area contributed by atoms with Gasteiger partial charge in [0.05, 0.1) is 0 Å². The number of rotatable bonds is 3. The first kappa shape index (κ1) is 13.4. The van der Waals surface area contributed by atoms with Crippen LogP contribution in [0.15, 0.2) is 48.5 Å². The van der Waals surface area contributed by atoms with E-state index in [0.29, 0.717) is 5.11 Å². The van der Waals surface area contributed by atoms with Gasteiger partial charge in [0, 0.05) is 17.8 Å². The van der Waals surface area contributed by atoms with Crippen molar-refractivity contribution in [2.24, 2.45) is 0 Å². The fraction of sp³-hybridized carbons (Fsp3) is 0.0714. The summed E-state index contributed by atoms with van der Waals surface area (Å²) in [5.41, 5.74) is 1.07. The third-order valence-corrected chi connectivity index (χ3v) is 2.73. The van der Waals surface area contributed by atoms with Crippen LogP contribution in [-0.2, 0) is 6.54 Å². The molecule has 0 saturated heterocycles. The smallest absolute Gasteiger partial charge is 0.171 e. The van der Waals surface area contributed by atoms with Crippen molar-refractivity contribution in [2.75, 3.05) is 5.32 Å². The monoisotopic (exact) mass is 278 g/mol. The van der Waals surface area contributed by atoms with Gasteiger partial charge in [0.2, 0.25) is 0 Å². The molecular formula is C14H12F2N2S. The van der Waals surface area contributed by atoms with E-state index in [1.54, 1.807) is 0 Å². The number of benzene rings is 2. The van der Waals surface area contributed by atoms with E-state index in [4.69, 9.17) is 12.2 Å². The van der Waals surface area contributed by atoms with Gasteiger partial charge in [-0.15, -0.1) is 0 Å². The molecule has 5 heteroatoms. The summed E-state index contributed by atoms with van der Waals surface area (Å²) in [6, 6.07) is 12.7. The van der Waals surface area contributed by atoms with E-state index in [9.17, 15) is 8.78 Å². The minimum Gasteiger partial charge on any atom is -0.358 e. The Kier molecular flexibility index (Phi) is 4.41. The Morgan fingerprint density at radius 3 is 2.53 bits per heavy atom. The molecule has 0 bridgehead atoms. The van der Waals surface area contributed by atoms with Crippen LogP contribution in [0.2, 0.25) is 0 Å². The van der Waals surface area contributed by atoms with Gasteiger partial charge in [-0.25, -0.2) is 8.78 Å². The van der Waals surface area contributed by atoms with Crippen LogP contribution in [0.1, 0.15) is 5.56 Å². The number of hydrogen-bond acceptors (Lipinski definition) is 1. The van der Waals surface area contributed by atoms with Gasteiger partial charge >= 0.3 is 0 Å². The quantitative estimate of drug-likeness (QED) is 0.841. The first-order valence-corrected chi connectivity index (χ1v) is 6.10. The molecule has 0 aromatic heterocycles. The normalized spacial score (nSPS) is 10.0. The molecule has 0 atom stereocenters. The highest BCUT2D eigenvalue weighted by molar-refractivity contribution is 7.80. The van der Waals surface area contributed by atoms with E-state index in [1.165, 1.54) is 0 Å². The summed E-state index contributed by atoms with van der Waals surface area (Å²) in [4.78, 5) is 0. The fourth-order valence-electron chi connectivity index (χ4n) is 1.55. The molecule has 0 amide bonds. The minimum absolute atomic E-state index is 0.127. The first-order valence-electron chi connectivity index (χ1n) is 5.69. The standard InChI is InChI=1S/C14H12F2N2S/c15-11-6-7-13(16)10(8-11)9-17-14(19)18-12-4-2-1-3-5-12/h1-8H,9H2,(H2,17,18,19). The molecule has 0 saturated carbocycles. The Morgan fingerprint density at radius 1 is 1.05 bits per heavy atom. The maximum Gasteiger partial charge on any atom is 0.171 e. The predicted octanol–water partition coefficient (Wildman–Crippen LogP) is 3.45. The Morgan fingerprint density at radius 2 is 1.79 bits per heavy atom. The van der Waals surface area contributed by atoms with E-state index in [2.05, 4.69) is 10.6 Å². The summed E-state index contributed by atoms with van der Waals surface area (Å²) in [6.07, 6.45) is 0. The second-order valence-corrected chi connectivity index (χ2v) is 4.32. The lowest BCUT2D eigenvalue weighted by atomic mass is 10.2. The number of halogens is 2. The third-order valence-electron chi connectivity index (χ3n) is 2.48. The van der Waals surface area contributed by atoms with Crippen LogP contribution in [0.5, 0.6) is 0 Å². The van der Waals surface area contributed by atoms with Crippen LogP contribution in [-0.4, -0.2) is 5.11 Å². The highest BCUT2D eigenvalue weighted by Gasteiger charge is 2.04. The maximum atomic E-state index is 13.4. The van der Waals surface area contributed by atoms with E-state index >= 15 is 0 Å². The van der Waals surface area contributed by atoms with Crippen molar-refractivity contribution in [1.29, 1.82) is 0 Å². The highest BCUT2D eigenvalue weighted by Crippen LogP contribution is 2.09. The first-order chi connectivity index (χ1) is 9.15. The molecule has 19 heavy (non-hydrogen) atoms. The molecule has 0 aliphatic rings. The van der Waals surface area contributed by atoms with Crippen molar-refractivity contribution in [1.82, 2.24) is 5.32 Å². The van der Waals surface area contributed by atoms with Crippen molar-refractivity contribution in [2.45, 2.75) is 6.54 Å². The average molecular weight is 278 g/mol. The molecule has 2 aromatic carbocycles. The molecule has 0 aliphatic heterocycles. The molecule has 0 heterocycles. The number of anilines is 1. The zero-order valence-corrected chi connectivity index (χ0v) is 10.8. The maximum absolute atomic E-state index is 13.4. The van der Waals surface area contributed by atoms with Crippen LogP contribution in [0.3, 0.4) is 0 Å². The van der Waals surface area contributed by atoms with Gasteiger partial charge in [0.1, 0.15) is 11.6 Å². The lowest BCUT2D eigenvalue weighted by Crippen LogP contribution is -2.28. The summed E-state index contributed by atoms with van der Waals surface area (Å²) in [5, 5.41) is 6.14. The number of nitrogens with one attached hydrogen (secondary N) is 2. The molecule has 0 spiro atoms. The predicted molar refractivity (Wildman–Crippen MR) is 75.9 cm³/mol. The molecule has 2 nitrogen and oxygen atoms in total. The molecule has 0 unspecified atom stereocenters. The number of thiocarbonyl (C=S) groups is 1. The van der Waals surface area contributed by atoms with Crippen LogP contribution < -0.4 is 10.6 Å². The zero-order valence-electron chi connectivity index (χ0n) is 9.99. The molecule has 0 fully saturated rings. The van der Waals surface area contributed by atoms with Crippen LogP contribution in [0.4, 0.5) is 14.5 Å². The average Bonchev–Trinajstić information content (AvgIpc) is 2.41. The van der Waals surface area contributed by atoms with Gasteiger partial charge in [-0.3, -0.25) is 0 Å². The van der Waals surface area contributed by atoms with E-state index in [0.717, 1.165) is 23.9 Å². The molecular weight excluding hydrogens is 266 g/mol. The van der Waals surface area contributed by atoms with Gasteiger partial charge in [-0.1, -0.05) is 18.2 Å². The summed E-state index contributed by atoms with van der Waals surface area (Å²) in [6.45, 7) is 0.127. The van der Waals surface area contributed by atoms with E-state index in [1.807, 2.05) is 30.3 Å². The topological polar surface area (TPSA) is 24.1 Å². The molecule has 0 radical (unpaired) electrons. The molecule has 2 rings (SSSR count). The van der Waals surface area contributed by atoms with Crippen molar-refractivity contribution >= 4 is 23.0 Å². The van der Waals surface area contributed by atoms with Crippen LogP contribution in [0.25, 0.3) is 0 Å². The summed E-state index contributed by atoms with van der Waals surface area (Å²) < 4.78 is 26.4. The van der Waals surface area contributed by atoms with Gasteiger partial charge in [0.15, 0.2) is 5.11 Å². The number of hydrogen-bond donors (Lipinski definition) is 2. The summed E-state index contributed by atoms with van der Waals surface area (Å²) in [7, 11) is 0. The lowest BCUT2D eigenvalue weighted by molar-refractivity contribution is 0.582. The Balaban J connectivity index is 1.92. The minimum atomic E-state index is -0.472. The number of para-hydroxylation sites is 1. The van der Waals surface area contributed by atoms with E-state index in [-0.39, 0.29) is 12.1 Å². The Bertz CT molecular complexity index is 573. The molecule has 2 aromatic rings. The molecule has 2 N–H and O–H groups in total. The molecule has 0 aliphatic carbocycles. The van der Waals surface area contributed by atoms with Crippen molar-refractivity contribution in [3.8, 4) is 0 Å². The fourth-order valence-corrected chi connectivity index (χ4v) is 1.74. The van der Waals surface area contributed by atoms with Crippen LogP contribution >= 0.6 is 12.2 Å². The second-order valence-electron chi connectivity index (χ2n) is 3.91. The molecule has 98 valence electrons. The van der Waals surface area contributed by atoms with Crippen molar-refractivity contribution in [3.63, 3.8) is 0 Å². The Labute approximate surface area is 115 Å². The summed E-state index contributed by atoms with van der Waals surface area (Å²) in [5.74, 6) is -0.934. The highest BCUT2D eigenvalue weighted by atomic mass is 32.1. The Hall–Kier alpha value is -2.01. The van der Waals surface area contributed by atoms with Crippen molar-refractivity contribution < 1.29 is 8.78 Å². The lowest BCUT2D eigenvalue weighted by Gasteiger charge is -2.11.